The quantitative estimate of drug-likeness (QED) is 0.349. The van der Waals surface area contributed by atoms with Crippen LogP contribution in [0.25, 0.3) is 0 Å². The van der Waals surface area contributed by atoms with Crippen molar-refractivity contribution in [1.29, 1.82) is 0 Å². The van der Waals surface area contributed by atoms with Crippen molar-refractivity contribution in [2.45, 2.75) is 50.5 Å². The second kappa shape index (κ2) is 12.8. The molecule has 5 rings (SSSR count). The number of rotatable bonds is 13. The highest BCUT2D eigenvalue weighted by atomic mass is 16.5. The van der Waals surface area contributed by atoms with Gasteiger partial charge in [0, 0.05) is 24.5 Å². The number of hydrogen-bond acceptors (Lipinski definition) is 7. The fraction of sp³-hybridized carbons (Fsp3) is 0.441. The summed E-state index contributed by atoms with van der Waals surface area (Å²) in [5.74, 6) is -1.33. The summed E-state index contributed by atoms with van der Waals surface area (Å²) >= 11 is 0. The summed E-state index contributed by atoms with van der Waals surface area (Å²) in [4.78, 5) is 47.9. The van der Waals surface area contributed by atoms with E-state index >= 15 is 0 Å². The first-order valence-corrected chi connectivity index (χ1v) is 15.1. The molecule has 3 fully saturated rings. The van der Waals surface area contributed by atoms with Gasteiger partial charge in [0.05, 0.1) is 44.3 Å². The predicted molar refractivity (Wildman–Crippen MR) is 167 cm³/mol. The highest BCUT2D eigenvalue weighted by Crippen LogP contribution is 2.59. The number of anilines is 2. The summed E-state index contributed by atoms with van der Waals surface area (Å²) in [6.45, 7) is 11.9. The van der Waals surface area contributed by atoms with Gasteiger partial charge in [-0.25, -0.2) is 0 Å². The van der Waals surface area contributed by atoms with Crippen LogP contribution in [0, 0.1) is 11.8 Å². The fourth-order valence-electron chi connectivity index (χ4n) is 7.10. The van der Waals surface area contributed by atoms with Crippen LogP contribution >= 0.6 is 0 Å². The standard InChI is InChI=1S/C34H41N3O7/c1-6-19-35(23-11-15-26(16-12-23)43-8-3)31(39)28-27-17-18-34(44-27)29(28)32(40)37(22(4)21-38)30(34)33(41)36(20-7-2)24-9-13-25(42-5)14-10-24/h6-7,9-16,22,27-30,38H,1-2,8,17-21H2,3-5H3/t22-,27+,28-,29+,30?,34?/m1/s1. The Kier molecular flexibility index (Phi) is 9.12. The number of ether oxygens (including phenoxy) is 3. The van der Waals surface area contributed by atoms with E-state index < -0.39 is 35.6 Å². The van der Waals surface area contributed by atoms with Crippen molar-refractivity contribution in [3.8, 4) is 11.5 Å². The molecule has 44 heavy (non-hydrogen) atoms. The number of amides is 3. The number of carbonyl (C=O) groups is 3. The molecular weight excluding hydrogens is 562 g/mol. The number of carbonyl (C=O) groups excluding carboxylic acids is 3. The molecule has 2 aromatic carbocycles. The van der Waals surface area contributed by atoms with Gasteiger partial charge < -0.3 is 34.0 Å². The molecule has 3 heterocycles. The third kappa shape index (κ3) is 5.16. The molecule has 3 saturated heterocycles. The van der Waals surface area contributed by atoms with Gasteiger partial charge in [-0.05, 0) is 75.2 Å². The zero-order valence-corrected chi connectivity index (χ0v) is 25.6. The highest BCUT2D eigenvalue weighted by Gasteiger charge is 2.75. The number of aliphatic hydroxyl groups excluding tert-OH is 1. The highest BCUT2D eigenvalue weighted by molar-refractivity contribution is 6.06. The maximum absolute atomic E-state index is 14.6. The van der Waals surface area contributed by atoms with Gasteiger partial charge in [-0.15, -0.1) is 13.2 Å². The van der Waals surface area contributed by atoms with Gasteiger partial charge in [0.25, 0.3) is 5.91 Å². The lowest BCUT2D eigenvalue weighted by Crippen LogP contribution is -2.58. The van der Waals surface area contributed by atoms with Gasteiger partial charge in [0.2, 0.25) is 11.8 Å². The lowest BCUT2D eigenvalue weighted by molar-refractivity contribution is -0.143. The Morgan fingerprint density at radius 3 is 2.14 bits per heavy atom. The number of nitrogens with zero attached hydrogens (tertiary/aromatic N) is 3. The fourth-order valence-corrected chi connectivity index (χ4v) is 7.10. The van der Waals surface area contributed by atoms with Crippen molar-refractivity contribution in [3.63, 3.8) is 0 Å². The Hall–Kier alpha value is -4.15. The van der Waals surface area contributed by atoms with Crippen LogP contribution in [0.3, 0.4) is 0 Å². The Labute approximate surface area is 258 Å². The van der Waals surface area contributed by atoms with Crippen LogP contribution in [0.2, 0.25) is 0 Å². The molecule has 2 bridgehead atoms. The molecule has 10 nitrogen and oxygen atoms in total. The third-order valence-corrected chi connectivity index (χ3v) is 9.00. The molecule has 234 valence electrons. The number of fused-ring (bicyclic) bond motifs is 1. The van der Waals surface area contributed by atoms with Crippen LogP contribution in [0.15, 0.2) is 73.8 Å². The number of methoxy groups -OCH3 is 1. The molecule has 3 aliphatic heterocycles. The zero-order valence-electron chi connectivity index (χ0n) is 25.6. The van der Waals surface area contributed by atoms with Gasteiger partial charge >= 0.3 is 0 Å². The van der Waals surface area contributed by atoms with Gasteiger partial charge in [-0.3, -0.25) is 14.4 Å². The molecule has 2 unspecified atom stereocenters. The Balaban J connectivity index is 1.53. The number of likely N-dealkylation sites (tertiary alicyclic amines) is 1. The Morgan fingerprint density at radius 2 is 1.61 bits per heavy atom. The van der Waals surface area contributed by atoms with E-state index in [-0.39, 0.29) is 37.4 Å². The monoisotopic (exact) mass is 603 g/mol. The molecule has 10 heteroatoms. The first-order valence-electron chi connectivity index (χ1n) is 15.1. The second-order valence-electron chi connectivity index (χ2n) is 11.4. The maximum atomic E-state index is 14.6. The topological polar surface area (TPSA) is 109 Å². The molecular formula is C34H41N3O7. The molecule has 0 aromatic heterocycles. The molecule has 3 amide bonds. The minimum absolute atomic E-state index is 0.189. The maximum Gasteiger partial charge on any atom is 0.253 e. The van der Waals surface area contributed by atoms with E-state index in [4.69, 9.17) is 14.2 Å². The van der Waals surface area contributed by atoms with E-state index in [0.29, 0.717) is 42.3 Å². The van der Waals surface area contributed by atoms with Crippen molar-refractivity contribution in [1.82, 2.24) is 4.90 Å². The lowest BCUT2D eigenvalue weighted by atomic mass is 9.70. The number of hydrogen-bond donors (Lipinski definition) is 1. The summed E-state index contributed by atoms with van der Waals surface area (Å²) in [5, 5.41) is 10.2. The van der Waals surface area contributed by atoms with E-state index in [1.165, 1.54) is 4.90 Å². The van der Waals surface area contributed by atoms with Crippen LogP contribution in [0.4, 0.5) is 11.4 Å². The Morgan fingerprint density at radius 1 is 1.05 bits per heavy atom. The molecule has 1 N–H and O–H groups in total. The van der Waals surface area contributed by atoms with Crippen LogP contribution in [-0.4, -0.2) is 84.9 Å². The first-order chi connectivity index (χ1) is 21.3. The molecule has 0 aliphatic carbocycles. The number of benzene rings is 2. The second-order valence-corrected chi connectivity index (χ2v) is 11.4. The zero-order chi connectivity index (χ0) is 31.6. The van der Waals surface area contributed by atoms with Gasteiger partial charge in [-0.2, -0.15) is 0 Å². The number of aliphatic hydroxyl groups is 1. The molecule has 6 atom stereocenters. The van der Waals surface area contributed by atoms with Crippen molar-refractivity contribution < 1.29 is 33.7 Å². The molecule has 2 aromatic rings. The van der Waals surface area contributed by atoms with Gasteiger partial charge in [0.1, 0.15) is 23.1 Å². The molecule has 0 saturated carbocycles. The third-order valence-electron chi connectivity index (χ3n) is 9.00. The summed E-state index contributed by atoms with van der Waals surface area (Å²) in [6.07, 6.45) is 3.71. The Bertz CT molecular complexity index is 1390. The lowest BCUT2D eigenvalue weighted by Gasteiger charge is -2.38. The van der Waals surface area contributed by atoms with Crippen molar-refractivity contribution in [2.75, 3.05) is 43.2 Å². The first kappa shape index (κ1) is 31.3. The van der Waals surface area contributed by atoms with E-state index in [1.54, 1.807) is 84.5 Å². The van der Waals surface area contributed by atoms with Crippen LogP contribution < -0.4 is 19.3 Å². The van der Waals surface area contributed by atoms with E-state index in [9.17, 15) is 19.5 Å². The van der Waals surface area contributed by atoms with Crippen LogP contribution in [0.1, 0.15) is 26.7 Å². The summed E-state index contributed by atoms with van der Waals surface area (Å²) in [7, 11) is 1.57. The average Bonchev–Trinajstić information content (AvgIpc) is 3.69. The van der Waals surface area contributed by atoms with Gasteiger partial charge in [-0.1, -0.05) is 12.2 Å². The summed E-state index contributed by atoms with van der Waals surface area (Å²) < 4.78 is 17.5. The molecule has 3 aliphatic rings. The normalized spacial score (nSPS) is 25.7. The molecule has 0 radical (unpaired) electrons. The SMILES string of the molecule is C=CCN(C(=O)C1N([C@H](C)CO)C(=O)[C@@H]2[C@H](C(=O)N(CC=C)c3ccc(OCC)cc3)[C@@H]3CCC12O3)c1ccc(OC)cc1. The van der Waals surface area contributed by atoms with Crippen molar-refractivity contribution in [3.05, 3.63) is 73.8 Å². The predicted octanol–water partition coefficient (Wildman–Crippen LogP) is 3.59. The summed E-state index contributed by atoms with van der Waals surface area (Å²) in [5.41, 5.74) is 0.0330. The van der Waals surface area contributed by atoms with E-state index in [0.717, 1.165) is 0 Å². The van der Waals surface area contributed by atoms with Crippen molar-refractivity contribution >= 4 is 29.1 Å². The average molecular weight is 604 g/mol. The molecule has 1 spiro atoms. The van der Waals surface area contributed by atoms with E-state index in [1.807, 2.05) is 6.92 Å². The minimum Gasteiger partial charge on any atom is -0.497 e. The van der Waals surface area contributed by atoms with E-state index in [2.05, 4.69) is 13.2 Å². The minimum atomic E-state index is -1.22. The largest absolute Gasteiger partial charge is 0.497 e. The van der Waals surface area contributed by atoms with Crippen LogP contribution in [0.5, 0.6) is 11.5 Å². The van der Waals surface area contributed by atoms with Crippen LogP contribution in [-0.2, 0) is 19.1 Å². The summed E-state index contributed by atoms with van der Waals surface area (Å²) in [6, 6.07) is 12.6. The van der Waals surface area contributed by atoms with Gasteiger partial charge in [0.15, 0.2) is 0 Å². The van der Waals surface area contributed by atoms with Crippen molar-refractivity contribution in [2.24, 2.45) is 11.8 Å². The smallest absolute Gasteiger partial charge is 0.253 e.